The van der Waals surface area contributed by atoms with Gasteiger partial charge in [-0.15, -0.1) is 0 Å². The number of ether oxygens (including phenoxy) is 2. The van der Waals surface area contributed by atoms with Gasteiger partial charge in [-0.25, -0.2) is 14.0 Å². The quantitative estimate of drug-likeness (QED) is 0.828. The zero-order chi connectivity index (χ0) is 17.1. The fourth-order valence-corrected chi connectivity index (χ4v) is 2.89. The van der Waals surface area contributed by atoms with Crippen molar-refractivity contribution in [1.29, 1.82) is 0 Å². The summed E-state index contributed by atoms with van der Waals surface area (Å²) in [5.74, 6) is -0.910. The smallest absolute Gasteiger partial charge is 0.338 e. The second-order valence-corrected chi connectivity index (χ2v) is 5.86. The number of rotatable bonds is 4. The number of benzene rings is 1. The zero-order valence-corrected chi connectivity index (χ0v) is 13.3. The number of allylic oxidation sites excluding steroid dienone is 1. The van der Waals surface area contributed by atoms with Crippen LogP contribution < -0.4 is 10.6 Å². The lowest BCUT2D eigenvalue weighted by molar-refractivity contribution is -0.142. The summed E-state index contributed by atoms with van der Waals surface area (Å²) >= 11 is 0. The molecule has 7 heteroatoms. The highest BCUT2D eigenvalue weighted by Gasteiger charge is 2.32. The van der Waals surface area contributed by atoms with Crippen molar-refractivity contribution in [3.8, 4) is 0 Å². The Kier molecular flexibility index (Phi) is 4.80. The molecule has 0 aromatic heterocycles. The van der Waals surface area contributed by atoms with Gasteiger partial charge < -0.3 is 20.1 Å². The van der Waals surface area contributed by atoms with E-state index in [1.54, 1.807) is 6.92 Å². The molecule has 0 unspecified atom stereocenters. The van der Waals surface area contributed by atoms with Crippen LogP contribution >= 0.6 is 0 Å². The van der Waals surface area contributed by atoms with Gasteiger partial charge in [-0.3, -0.25) is 0 Å². The second kappa shape index (κ2) is 7.00. The molecule has 1 aromatic carbocycles. The van der Waals surface area contributed by atoms with Crippen LogP contribution in [0.15, 0.2) is 35.5 Å². The lowest BCUT2D eigenvalue weighted by atomic mass is 9.95. The van der Waals surface area contributed by atoms with Crippen LogP contribution in [0, 0.1) is 5.82 Å². The van der Waals surface area contributed by atoms with Crippen LogP contribution in [0.3, 0.4) is 0 Å². The standard InChI is InChI=1S/C17H19FN2O4/c1-10-14(16(21)24-9-13-3-2-8-23-13)15(20-17(22)19-10)11-4-6-12(18)7-5-11/h4-7,13,15H,2-3,8-9H2,1H3,(H2,19,20,22)/t13-,15-/m0/s1. The maximum Gasteiger partial charge on any atom is 0.338 e. The van der Waals surface area contributed by atoms with Crippen LogP contribution in [0.4, 0.5) is 9.18 Å². The average molecular weight is 334 g/mol. The first-order chi connectivity index (χ1) is 11.5. The Labute approximate surface area is 139 Å². The van der Waals surface area contributed by atoms with Crippen molar-refractivity contribution in [1.82, 2.24) is 10.6 Å². The molecular weight excluding hydrogens is 315 g/mol. The van der Waals surface area contributed by atoms with Gasteiger partial charge in [-0.1, -0.05) is 12.1 Å². The molecule has 0 saturated carbocycles. The number of esters is 1. The minimum atomic E-state index is -0.684. The third-order valence-electron chi connectivity index (χ3n) is 4.12. The summed E-state index contributed by atoms with van der Waals surface area (Å²) in [5, 5.41) is 5.25. The first-order valence-corrected chi connectivity index (χ1v) is 7.87. The first-order valence-electron chi connectivity index (χ1n) is 7.87. The van der Waals surface area contributed by atoms with Crippen molar-refractivity contribution in [2.75, 3.05) is 13.2 Å². The van der Waals surface area contributed by atoms with Crippen LogP contribution in [-0.4, -0.2) is 31.3 Å². The molecule has 2 aliphatic rings. The minimum absolute atomic E-state index is 0.0785. The third kappa shape index (κ3) is 3.56. The Morgan fingerprint density at radius 1 is 1.38 bits per heavy atom. The predicted octanol–water partition coefficient (Wildman–Crippen LogP) is 2.18. The summed E-state index contributed by atoms with van der Waals surface area (Å²) in [6.07, 6.45) is 1.74. The normalized spacial score (nSPS) is 23.7. The highest BCUT2D eigenvalue weighted by atomic mass is 19.1. The lowest BCUT2D eigenvalue weighted by Gasteiger charge is -2.28. The Bertz CT molecular complexity index is 666. The summed E-state index contributed by atoms with van der Waals surface area (Å²) < 4.78 is 23.9. The zero-order valence-electron chi connectivity index (χ0n) is 13.3. The van der Waals surface area contributed by atoms with Crippen LogP contribution in [-0.2, 0) is 14.3 Å². The molecule has 6 nitrogen and oxygen atoms in total. The lowest BCUT2D eigenvalue weighted by Crippen LogP contribution is -2.45. The molecule has 2 atom stereocenters. The van der Waals surface area contributed by atoms with E-state index in [4.69, 9.17) is 9.47 Å². The fraction of sp³-hybridized carbons (Fsp3) is 0.412. The van der Waals surface area contributed by atoms with E-state index in [0.717, 1.165) is 12.8 Å². The van der Waals surface area contributed by atoms with E-state index in [1.165, 1.54) is 24.3 Å². The van der Waals surface area contributed by atoms with Gasteiger partial charge in [-0.2, -0.15) is 0 Å². The van der Waals surface area contributed by atoms with Gasteiger partial charge in [-0.05, 0) is 37.5 Å². The second-order valence-electron chi connectivity index (χ2n) is 5.86. The van der Waals surface area contributed by atoms with E-state index in [-0.39, 0.29) is 18.5 Å². The number of hydrogen-bond donors (Lipinski definition) is 2. The average Bonchev–Trinajstić information content (AvgIpc) is 3.06. The molecule has 2 heterocycles. The van der Waals surface area contributed by atoms with Gasteiger partial charge in [0.25, 0.3) is 0 Å². The highest BCUT2D eigenvalue weighted by molar-refractivity contribution is 5.95. The largest absolute Gasteiger partial charge is 0.459 e. The molecule has 1 fully saturated rings. The van der Waals surface area contributed by atoms with E-state index in [1.807, 2.05) is 0 Å². The number of hydrogen-bond acceptors (Lipinski definition) is 4. The van der Waals surface area contributed by atoms with Crippen molar-refractivity contribution < 1.29 is 23.5 Å². The summed E-state index contributed by atoms with van der Waals surface area (Å²) in [5.41, 5.74) is 1.33. The van der Waals surface area contributed by atoms with E-state index in [2.05, 4.69) is 10.6 Å². The maximum atomic E-state index is 13.1. The van der Waals surface area contributed by atoms with E-state index in [0.29, 0.717) is 23.4 Å². The number of carbonyl (C=O) groups excluding carboxylic acids is 2. The summed E-state index contributed by atoms with van der Waals surface area (Å²) in [6.45, 7) is 2.50. The van der Waals surface area contributed by atoms with Gasteiger partial charge in [0.1, 0.15) is 12.4 Å². The fourth-order valence-electron chi connectivity index (χ4n) is 2.89. The van der Waals surface area contributed by atoms with Crippen molar-refractivity contribution in [2.45, 2.75) is 31.9 Å². The van der Waals surface area contributed by atoms with Crippen molar-refractivity contribution in [3.05, 3.63) is 46.9 Å². The molecule has 3 rings (SSSR count). The summed E-state index contributed by atoms with van der Waals surface area (Å²) in [4.78, 5) is 24.3. The van der Waals surface area contributed by atoms with Crippen LogP contribution in [0.1, 0.15) is 31.4 Å². The SMILES string of the molecule is CC1=C(C(=O)OC[C@@H]2CCCO2)[C@H](c2ccc(F)cc2)NC(=O)N1. The third-order valence-corrected chi connectivity index (χ3v) is 4.12. The number of amides is 2. The Balaban J connectivity index is 1.80. The molecule has 1 saturated heterocycles. The van der Waals surface area contributed by atoms with E-state index in [9.17, 15) is 14.0 Å². The molecule has 128 valence electrons. The molecule has 0 bridgehead atoms. The molecule has 2 amide bonds. The molecule has 0 aliphatic carbocycles. The van der Waals surface area contributed by atoms with Gasteiger partial charge >= 0.3 is 12.0 Å². The molecule has 1 aromatic rings. The van der Waals surface area contributed by atoms with Gasteiger partial charge in [0.15, 0.2) is 0 Å². The topological polar surface area (TPSA) is 76.7 Å². The summed E-state index contributed by atoms with van der Waals surface area (Å²) in [6, 6.07) is 4.54. The van der Waals surface area contributed by atoms with Crippen LogP contribution in [0.25, 0.3) is 0 Å². The summed E-state index contributed by atoms with van der Waals surface area (Å²) in [7, 11) is 0. The van der Waals surface area contributed by atoms with Gasteiger partial charge in [0, 0.05) is 12.3 Å². The van der Waals surface area contributed by atoms with Crippen molar-refractivity contribution in [2.24, 2.45) is 0 Å². The van der Waals surface area contributed by atoms with Gasteiger partial charge in [0.2, 0.25) is 0 Å². The number of carbonyl (C=O) groups is 2. The number of nitrogens with one attached hydrogen (secondary N) is 2. The van der Waals surface area contributed by atoms with E-state index >= 15 is 0 Å². The van der Waals surface area contributed by atoms with Gasteiger partial charge in [0.05, 0.1) is 17.7 Å². The Hall–Kier alpha value is -2.41. The highest BCUT2D eigenvalue weighted by Crippen LogP contribution is 2.28. The molecule has 2 N–H and O–H groups in total. The molecule has 24 heavy (non-hydrogen) atoms. The first kappa shape index (κ1) is 16.4. The monoisotopic (exact) mass is 334 g/mol. The molecule has 2 aliphatic heterocycles. The van der Waals surface area contributed by atoms with E-state index < -0.39 is 18.0 Å². The van der Waals surface area contributed by atoms with Crippen molar-refractivity contribution >= 4 is 12.0 Å². The predicted molar refractivity (Wildman–Crippen MR) is 83.4 cm³/mol. The molecular formula is C17H19FN2O4. The van der Waals surface area contributed by atoms with Crippen molar-refractivity contribution in [3.63, 3.8) is 0 Å². The Morgan fingerprint density at radius 2 is 2.12 bits per heavy atom. The number of urea groups is 1. The Morgan fingerprint density at radius 3 is 2.79 bits per heavy atom. The van der Waals surface area contributed by atoms with Crippen LogP contribution in [0.2, 0.25) is 0 Å². The maximum absolute atomic E-state index is 13.1. The minimum Gasteiger partial charge on any atom is -0.459 e. The molecule has 0 spiro atoms. The number of halogens is 1. The molecule has 0 radical (unpaired) electrons. The van der Waals surface area contributed by atoms with Crippen LogP contribution in [0.5, 0.6) is 0 Å².